The Morgan fingerprint density at radius 1 is 1.36 bits per heavy atom. The highest BCUT2D eigenvalue weighted by atomic mass is 16.3. The molecule has 0 atom stereocenters. The molecule has 0 fully saturated rings. The van der Waals surface area contributed by atoms with Crippen molar-refractivity contribution in [2.45, 2.75) is 19.3 Å². The van der Waals surface area contributed by atoms with Crippen LogP contribution in [0.1, 0.15) is 34.3 Å². The summed E-state index contributed by atoms with van der Waals surface area (Å²) in [6.07, 6.45) is 2.19. The van der Waals surface area contributed by atoms with Crippen molar-refractivity contribution in [3.63, 3.8) is 0 Å². The fourth-order valence-corrected chi connectivity index (χ4v) is 1.76. The lowest BCUT2D eigenvalue weighted by Gasteiger charge is -2.14. The van der Waals surface area contributed by atoms with Crippen molar-refractivity contribution in [1.29, 1.82) is 5.26 Å². The lowest BCUT2D eigenvalue weighted by atomic mass is 9.89. The van der Waals surface area contributed by atoms with Gasteiger partial charge in [-0.05, 0) is 30.5 Å². The van der Waals surface area contributed by atoms with E-state index in [2.05, 4.69) is 0 Å². The first-order valence-electron chi connectivity index (χ1n) is 4.51. The van der Waals surface area contributed by atoms with Crippen LogP contribution in [0.15, 0.2) is 12.1 Å². The average Bonchev–Trinajstić information content (AvgIpc) is 2.19. The van der Waals surface area contributed by atoms with E-state index in [4.69, 9.17) is 5.26 Å². The molecule has 0 heterocycles. The van der Waals surface area contributed by atoms with Crippen molar-refractivity contribution in [3.8, 4) is 11.8 Å². The average molecular weight is 187 g/mol. The zero-order valence-corrected chi connectivity index (χ0v) is 7.58. The first kappa shape index (κ1) is 8.76. The number of ketones is 1. The third-order valence-electron chi connectivity index (χ3n) is 2.49. The van der Waals surface area contributed by atoms with Gasteiger partial charge in [0.2, 0.25) is 0 Å². The van der Waals surface area contributed by atoms with E-state index in [9.17, 15) is 9.90 Å². The lowest BCUT2D eigenvalue weighted by Crippen LogP contribution is -2.10. The largest absolute Gasteiger partial charge is 0.507 e. The molecule has 0 saturated carbocycles. The van der Waals surface area contributed by atoms with E-state index in [-0.39, 0.29) is 17.1 Å². The van der Waals surface area contributed by atoms with Crippen LogP contribution in [0, 0.1) is 11.3 Å². The fourth-order valence-electron chi connectivity index (χ4n) is 1.76. The van der Waals surface area contributed by atoms with Crippen LogP contribution in [0.2, 0.25) is 0 Å². The SMILES string of the molecule is N#Cc1cc2c(cc1O)C(=O)CCC2. The molecule has 0 spiro atoms. The molecule has 1 aliphatic carbocycles. The van der Waals surface area contributed by atoms with E-state index < -0.39 is 0 Å². The van der Waals surface area contributed by atoms with Gasteiger partial charge in [0, 0.05) is 12.0 Å². The van der Waals surface area contributed by atoms with Gasteiger partial charge in [0.1, 0.15) is 11.8 Å². The van der Waals surface area contributed by atoms with E-state index in [0.29, 0.717) is 12.0 Å². The Labute approximate surface area is 81.6 Å². The van der Waals surface area contributed by atoms with Crippen molar-refractivity contribution < 1.29 is 9.90 Å². The number of rotatable bonds is 0. The number of nitriles is 1. The molecule has 0 unspecified atom stereocenters. The van der Waals surface area contributed by atoms with Crippen LogP contribution in [0.5, 0.6) is 5.75 Å². The minimum Gasteiger partial charge on any atom is -0.507 e. The summed E-state index contributed by atoms with van der Waals surface area (Å²) in [5.41, 5.74) is 1.71. The number of nitrogens with zero attached hydrogens (tertiary/aromatic N) is 1. The van der Waals surface area contributed by atoms with E-state index in [1.807, 2.05) is 6.07 Å². The van der Waals surface area contributed by atoms with Gasteiger partial charge in [0.15, 0.2) is 5.78 Å². The topological polar surface area (TPSA) is 61.1 Å². The van der Waals surface area contributed by atoms with Crippen molar-refractivity contribution in [2.75, 3.05) is 0 Å². The van der Waals surface area contributed by atoms with Gasteiger partial charge in [0.05, 0.1) is 5.56 Å². The third-order valence-corrected chi connectivity index (χ3v) is 2.49. The summed E-state index contributed by atoms with van der Waals surface area (Å²) in [5, 5.41) is 18.1. The number of phenolic OH excluding ortho intramolecular Hbond substituents is 1. The molecular weight excluding hydrogens is 178 g/mol. The molecule has 1 aromatic rings. The number of aryl methyl sites for hydroxylation is 1. The second-order valence-electron chi connectivity index (χ2n) is 3.42. The molecule has 2 rings (SSSR count). The standard InChI is InChI=1S/C11H9NO2/c12-6-8-4-7-2-1-3-10(13)9(7)5-11(8)14/h4-5,14H,1-3H2. The fraction of sp³-hybridized carbons (Fsp3) is 0.273. The summed E-state index contributed by atoms with van der Waals surface area (Å²) in [7, 11) is 0. The minimum atomic E-state index is -0.0958. The Morgan fingerprint density at radius 3 is 2.86 bits per heavy atom. The molecule has 70 valence electrons. The highest BCUT2D eigenvalue weighted by Gasteiger charge is 2.19. The second-order valence-corrected chi connectivity index (χ2v) is 3.42. The molecule has 0 bridgehead atoms. The highest BCUT2D eigenvalue weighted by Crippen LogP contribution is 2.27. The van der Waals surface area contributed by atoms with Gasteiger partial charge in [0.25, 0.3) is 0 Å². The van der Waals surface area contributed by atoms with Crippen molar-refractivity contribution in [1.82, 2.24) is 0 Å². The molecule has 0 radical (unpaired) electrons. The zero-order chi connectivity index (χ0) is 10.1. The molecule has 0 aliphatic heterocycles. The Morgan fingerprint density at radius 2 is 2.14 bits per heavy atom. The molecule has 1 aromatic carbocycles. The first-order valence-corrected chi connectivity index (χ1v) is 4.51. The van der Waals surface area contributed by atoms with E-state index in [1.165, 1.54) is 6.07 Å². The normalized spacial score (nSPS) is 14.6. The van der Waals surface area contributed by atoms with E-state index >= 15 is 0 Å². The third kappa shape index (κ3) is 1.25. The number of carbonyl (C=O) groups excluding carboxylic acids is 1. The van der Waals surface area contributed by atoms with E-state index in [1.54, 1.807) is 6.07 Å². The van der Waals surface area contributed by atoms with Crippen molar-refractivity contribution >= 4 is 5.78 Å². The van der Waals surface area contributed by atoms with Gasteiger partial charge >= 0.3 is 0 Å². The van der Waals surface area contributed by atoms with Crippen LogP contribution in [0.3, 0.4) is 0 Å². The number of aromatic hydroxyl groups is 1. The summed E-state index contributed by atoms with van der Waals surface area (Å²) < 4.78 is 0. The Bertz CT molecular complexity index is 443. The quantitative estimate of drug-likeness (QED) is 0.673. The molecule has 0 saturated heterocycles. The summed E-state index contributed by atoms with van der Waals surface area (Å²) in [6, 6.07) is 4.92. The zero-order valence-electron chi connectivity index (χ0n) is 7.58. The Kier molecular flexibility index (Phi) is 1.97. The monoisotopic (exact) mass is 187 g/mol. The number of carbonyl (C=O) groups is 1. The Hall–Kier alpha value is -1.82. The number of fused-ring (bicyclic) bond motifs is 1. The first-order chi connectivity index (χ1) is 6.72. The number of benzene rings is 1. The van der Waals surface area contributed by atoms with Crippen LogP contribution in [-0.2, 0) is 6.42 Å². The summed E-state index contributed by atoms with van der Waals surface area (Å²) in [6.45, 7) is 0. The molecule has 0 amide bonds. The summed E-state index contributed by atoms with van der Waals surface area (Å²) in [4.78, 5) is 11.4. The number of hydrogen-bond acceptors (Lipinski definition) is 3. The van der Waals surface area contributed by atoms with Gasteiger partial charge in [-0.1, -0.05) is 0 Å². The van der Waals surface area contributed by atoms with Crippen LogP contribution < -0.4 is 0 Å². The number of Topliss-reactive ketones (excluding diaryl/α,β-unsaturated/α-hetero) is 1. The molecule has 0 aromatic heterocycles. The van der Waals surface area contributed by atoms with Gasteiger partial charge in [-0.3, -0.25) is 4.79 Å². The van der Waals surface area contributed by atoms with Gasteiger partial charge < -0.3 is 5.11 Å². The number of phenols is 1. The maximum absolute atomic E-state index is 11.4. The highest BCUT2D eigenvalue weighted by molar-refractivity contribution is 5.99. The lowest BCUT2D eigenvalue weighted by molar-refractivity contribution is 0.0972. The molecule has 1 aliphatic rings. The maximum Gasteiger partial charge on any atom is 0.163 e. The predicted octanol–water partition coefficient (Wildman–Crippen LogP) is 1.78. The summed E-state index contributed by atoms with van der Waals surface area (Å²) in [5.74, 6) is -0.0347. The predicted molar refractivity (Wildman–Crippen MR) is 50.1 cm³/mol. The Balaban J connectivity index is 2.61. The van der Waals surface area contributed by atoms with Gasteiger partial charge in [-0.2, -0.15) is 5.26 Å². The molecule has 14 heavy (non-hydrogen) atoms. The van der Waals surface area contributed by atoms with Crippen LogP contribution >= 0.6 is 0 Å². The van der Waals surface area contributed by atoms with Gasteiger partial charge in [-0.15, -0.1) is 0 Å². The van der Waals surface area contributed by atoms with E-state index in [0.717, 1.165) is 18.4 Å². The molecule has 3 nitrogen and oxygen atoms in total. The van der Waals surface area contributed by atoms with Crippen LogP contribution in [0.25, 0.3) is 0 Å². The summed E-state index contributed by atoms with van der Waals surface area (Å²) >= 11 is 0. The maximum atomic E-state index is 11.4. The smallest absolute Gasteiger partial charge is 0.163 e. The second kappa shape index (κ2) is 3.15. The molecule has 1 N–H and O–H groups in total. The van der Waals surface area contributed by atoms with Crippen LogP contribution in [0.4, 0.5) is 0 Å². The van der Waals surface area contributed by atoms with Crippen molar-refractivity contribution in [3.05, 3.63) is 28.8 Å². The van der Waals surface area contributed by atoms with Crippen molar-refractivity contribution in [2.24, 2.45) is 0 Å². The van der Waals surface area contributed by atoms with Crippen LogP contribution in [-0.4, -0.2) is 10.9 Å². The van der Waals surface area contributed by atoms with Gasteiger partial charge in [-0.25, -0.2) is 0 Å². The molecular formula is C11H9NO2. The molecule has 3 heteroatoms. The minimum absolute atomic E-state index is 0.0611. The number of hydrogen-bond donors (Lipinski definition) is 1.